The van der Waals surface area contributed by atoms with Crippen LogP contribution in [0.3, 0.4) is 0 Å². The van der Waals surface area contributed by atoms with Gasteiger partial charge in [0.15, 0.2) is 5.29 Å². The van der Waals surface area contributed by atoms with E-state index in [0.29, 0.717) is 13.2 Å². The molecule has 9 heavy (non-hydrogen) atoms. The Morgan fingerprint density at radius 2 is 2.00 bits per heavy atom. The van der Waals surface area contributed by atoms with Crippen LogP contribution in [0.2, 0.25) is 0 Å². The first-order chi connectivity index (χ1) is 4.30. The second kappa shape index (κ2) is 3.03. The summed E-state index contributed by atoms with van der Waals surface area (Å²) in [5, 5.41) is 7.15. The zero-order valence-corrected chi connectivity index (χ0v) is 5.82. The number of halogens is 1. The Bertz CT molecular complexity index is 112. The summed E-state index contributed by atoms with van der Waals surface area (Å²) in [6.45, 7) is 2.88. The molecule has 1 heterocycles. The molecule has 1 aliphatic heterocycles. The molecule has 4 heteroatoms. The molecule has 1 aliphatic rings. The first-order valence-corrected chi connectivity index (χ1v) is 3.25. The highest BCUT2D eigenvalue weighted by Crippen LogP contribution is 1.98. The minimum Gasteiger partial charge on any atom is -0.378 e. The molecule has 0 radical (unpaired) electrons. The number of nitrogens with zero attached hydrogens (tertiary/aromatic N) is 1. The van der Waals surface area contributed by atoms with Gasteiger partial charge in [0.25, 0.3) is 0 Å². The zero-order valence-electron chi connectivity index (χ0n) is 5.06. The molecule has 0 bridgehead atoms. The maximum absolute atomic E-state index is 7.02. The van der Waals surface area contributed by atoms with E-state index >= 15 is 0 Å². The third kappa shape index (κ3) is 1.84. The molecule has 0 aromatic carbocycles. The van der Waals surface area contributed by atoms with Gasteiger partial charge in [-0.3, -0.25) is 5.41 Å². The van der Waals surface area contributed by atoms with Crippen LogP contribution in [0.1, 0.15) is 0 Å². The molecular weight excluding hydrogens is 140 g/mol. The van der Waals surface area contributed by atoms with E-state index in [1.807, 2.05) is 0 Å². The fourth-order valence-corrected chi connectivity index (χ4v) is 0.929. The van der Waals surface area contributed by atoms with Crippen LogP contribution >= 0.6 is 11.6 Å². The Hall–Kier alpha value is -0.280. The predicted octanol–water partition coefficient (Wildman–Crippen LogP) is 0.492. The molecule has 1 fully saturated rings. The minimum atomic E-state index is 0.123. The Morgan fingerprint density at radius 3 is 2.33 bits per heavy atom. The molecule has 0 aliphatic carbocycles. The largest absolute Gasteiger partial charge is 0.378 e. The Balaban J connectivity index is 2.31. The molecule has 0 unspecified atom stereocenters. The number of rotatable bonds is 0. The van der Waals surface area contributed by atoms with Crippen LogP contribution in [0.5, 0.6) is 0 Å². The van der Waals surface area contributed by atoms with Crippen molar-refractivity contribution in [3.8, 4) is 0 Å². The second-order valence-corrected chi connectivity index (χ2v) is 2.25. The third-order valence-electron chi connectivity index (χ3n) is 1.29. The molecule has 1 rings (SSSR count). The Labute approximate surface area is 59.1 Å². The Kier molecular flexibility index (Phi) is 2.30. The average Bonchev–Trinajstić information content (AvgIpc) is 1.90. The van der Waals surface area contributed by atoms with Crippen LogP contribution in [0.15, 0.2) is 0 Å². The molecule has 0 atom stereocenters. The second-order valence-electron chi connectivity index (χ2n) is 1.89. The topological polar surface area (TPSA) is 36.3 Å². The smallest absolute Gasteiger partial charge is 0.191 e. The van der Waals surface area contributed by atoms with Gasteiger partial charge in [-0.2, -0.15) is 0 Å². The molecule has 52 valence electrons. The highest BCUT2D eigenvalue weighted by Gasteiger charge is 2.10. The summed E-state index contributed by atoms with van der Waals surface area (Å²) < 4.78 is 5.05. The molecule has 0 spiro atoms. The van der Waals surface area contributed by atoms with Gasteiger partial charge in [-0.05, 0) is 11.6 Å². The maximum Gasteiger partial charge on any atom is 0.191 e. The fraction of sp³-hybridized carbons (Fsp3) is 0.800. The van der Waals surface area contributed by atoms with Crippen LogP contribution in [0.25, 0.3) is 0 Å². The van der Waals surface area contributed by atoms with Gasteiger partial charge in [0.2, 0.25) is 0 Å². The highest BCUT2D eigenvalue weighted by molar-refractivity contribution is 6.63. The number of morpholine rings is 1. The van der Waals surface area contributed by atoms with Gasteiger partial charge in [-0.1, -0.05) is 0 Å². The standard InChI is InChI=1S/C5H9ClN2O/c6-5(7)8-1-3-9-4-2-8/h7H,1-4H2. The van der Waals surface area contributed by atoms with E-state index in [4.69, 9.17) is 21.7 Å². The summed E-state index contributed by atoms with van der Waals surface area (Å²) in [6.07, 6.45) is 0. The van der Waals surface area contributed by atoms with E-state index in [2.05, 4.69) is 0 Å². The summed E-state index contributed by atoms with van der Waals surface area (Å²) in [5.41, 5.74) is 0. The summed E-state index contributed by atoms with van der Waals surface area (Å²) in [6, 6.07) is 0. The molecule has 0 amide bonds. The van der Waals surface area contributed by atoms with Crippen molar-refractivity contribution in [2.45, 2.75) is 0 Å². The van der Waals surface area contributed by atoms with Gasteiger partial charge in [0.05, 0.1) is 13.2 Å². The van der Waals surface area contributed by atoms with E-state index in [1.54, 1.807) is 4.90 Å². The van der Waals surface area contributed by atoms with Crippen molar-refractivity contribution >= 4 is 16.9 Å². The first kappa shape index (κ1) is 6.83. The van der Waals surface area contributed by atoms with Gasteiger partial charge < -0.3 is 9.64 Å². The highest BCUT2D eigenvalue weighted by atomic mass is 35.5. The third-order valence-corrected chi connectivity index (χ3v) is 1.53. The van der Waals surface area contributed by atoms with Gasteiger partial charge >= 0.3 is 0 Å². The summed E-state index contributed by atoms with van der Waals surface area (Å²) in [4.78, 5) is 1.78. The van der Waals surface area contributed by atoms with Crippen molar-refractivity contribution in [1.82, 2.24) is 4.90 Å². The van der Waals surface area contributed by atoms with Gasteiger partial charge in [-0.25, -0.2) is 0 Å². The number of hydrogen-bond donors (Lipinski definition) is 1. The number of ether oxygens (including phenoxy) is 1. The lowest BCUT2D eigenvalue weighted by atomic mass is 10.5. The van der Waals surface area contributed by atoms with Gasteiger partial charge in [-0.15, -0.1) is 0 Å². The Morgan fingerprint density at radius 1 is 1.44 bits per heavy atom. The van der Waals surface area contributed by atoms with Crippen LogP contribution in [-0.2, 0) is 4.74 Å². The number of amidine groups is 1. The maximum atomic E-state index is 7.02. The van der Waals surface area contributed by atoms with E-state index in [1.165, 1.54) is 0 Å². The lowest BCUT2D eigenvalue weighted by Gasteiger charge is -2.25. The van der Waals surface area contributed by atoms with Crippen LogP contribution in [0, 0.1) is 5.41 Å². The van der Waals surface area contributed by atoms with Crippen molar-refractivity contribution in [1.29, 1.82) is 5.41 Å². The predicted molar refractivity (Wildman–Crippen MR) is 36.0 cm³/mol. The SMILES string of the molecule is N=C(Cl)N1CCOCC1. The van der Waals surface area contributed by atoms with Gasteiger partial charge in [0, 0.05) is 13.1 Å². The normalized spacial score (nSPS) is 19.9. The van der Waals surface area contributed by atoms with Crippen molar-refractivity contribution < 1.29 is 4.74 Å². The molecular formula is C5H9ClN2O. The molecule has 0 aromatic rings. The van der Waals surface area contributed by atoms with E-state index in [-0.39, 0.29) is 5.29 Å². The zero-order chi connectivity index (χ0) is 6.69. The summed E-state index contributed by atoms with van der Waals surface area (Å²) in [7, 11) is 0. The minimum absolute atomic E-state index is 0.123. The molecule has 0 saturated carbocycles. The van der Waals surface area contributed by atoms with Crippen molar-refractivity contribution in [3.05, 3.63) is 0 Å². The van der Waals surface area contributed by atoms with Crippen molar-refractivity contribution in [2.24, 2.45) is 0 Å². The van der Waals surface area contributed by atoms with Crippen LogP contribution in [0.4, 0.5) is 0 Å². The fourth-order valence-electron chi connectivity index (χ4n) is 0.760. The average molecular weight is 149 g/mol. The first-order valence-electron chi connectivity index (χ1n) is 2.87. The van der Waals surface area contributed by atoms with Gasteiger partial charge in [0.1, 0.15) is 0 Å². The van der Waals surface area contributed by atoms with Crippen molar-refractivity contribution in [2.75, 3.05) is 26.3 Å². The number of hydrogen-bond acceptors (Lipinski definition) is 2. The van der Waals surface area contributed by atoms with E-state index in [0.717, 1.165) is 13.1 Å². The lowest BCUT2D eigenvalue weighted by molar-refractivity contribution is 0.0689. The monoisotopic (exact) mass is 148 g/mol. The lowest BCUT2D eigenvalue weighted by Crippen LogP contribution is -2.38. The van der Waals surface area contributed by atoms with Crippen LogP contribution in [-0.4, -0.2) is 36.5 Å². The van der Waals surface area contributed by atoms with Crippen LogP contribution < -0.4 is 0 Å². The molecule has 1 N–H and O–H groups in total. The summed E-state index contributed by atoms with van der Waals surface area (Å²) >= 11 is 5.41. The summed E-state index contributed by atoms with van der Waals surface area (Å²) in [5.74, 6) is 0. The molecule has 1 saturated heterocycles. The number of nitrogens with one attached hydrogen (secondary N) is 1. The van der Waals surface area contributed by atoms with E-state index < -0.39 is 0 Å². The molecule has 0 aromatic heterocycles. The molecule has 3 nitrogen and oxygen atoms in total. The quantitative estimate of drug-likeness (QED) is 0.309. The van der Waals surface area contributed by atoms with E-state index in [9.17, 15) is 0 Å². The van der Waals surface area contributed by atoms with Crippen molar-refractivity contribution in [3.63, 3.8) is 0 Å².